The van der Waals surface area contributed by atoms with Gasteiger partial charge in [-0.25, -0.2) is 0 Å². The highest BCUT2D eigenvalue weighted by Crippen LogP contribution is 2.44. The molecule has 0 aromatic heterocycles. The van der Waals surface area contributed by atoms with Gasteiger partial charge in [0.15, 0.2) is 0 Å². The quantitative estimate of drug-likeness (QED) is 0.505. The maximum absolute atomic E-state index is 12.1. The van der Waals surface area contributed by atoms with Gasteiger partial charge in [0.25, 0.3) is 0 Å². The fraction of sp³-hybridized carbons (Fsp3) is 0.464. The summed E-state index contributed by atoms with van der Waals surface area (Å²) in [7, 11) is 3.58. The van der Waals surface area contributed by atoms with Crippen LogP contribution in [-0.4, -0.2) is 30.5 Å². The fourth-order valence-corrected chi connectivity index (χ4v) is 4.38. The minimum Gasteiger partial charge on any atom is -0.488 e. The molecule has 0 fully saturated rings. The van der Waals surface area contributed by atoms with Crippen LogP contribution >= 0.6 is 0 Å². The van der Waals surface area contributed by atoms with Gasteiger partial charge < -0.3 is 14.4 Å². The van der Waals surface area contributed by atoms with Crippen LogP contribution < -0.4 is 9.47 Å². The first kappa shape index (κ1) is 23.9. The average molecular weight is 436 g/mol. The molecule has 0 unspecified atom stereocenters. The third-order valence-electron chi connectivity index (χ3n) is 6.59. The van der Waals surface area contributed by atoms with E-state index in [2.05, 4.69) is 45.9 Å². The fourth-order valence-electron chi connectivity index (χ4n) is 4.38. The smallest absolute Gasteiger partial charge is 0.228 e. The van der Waals surface area contributed by atoms with Crippen molar-refractivity contribution >= 4 is 5.91 Å². The van der Waals surface area contributed by atoms with Crippen molar-refractivity contribution in [3.05, 3.63) is 70.3 Å². The first-order valence-corrected chi connectivity index (χ1v) is 11.5. The van der Waals surface area contributed by atoms with Crippen molar-refractivity contribution in [3.63, 3.8) is 0 Å². The molecule has 0 saturated heterocycles. The second-order valence-corrected chi connectivity index (χ2v) is 9.49. The Morgan fingerprint density at radius 2 is 1.84 bits per heavy atom. The van der Waals surface area contributed by atoms with Gasteiger partial charge in [0.2, 0.25) is 5.91 Å². The second-order valence-electron chi connectivity index (χ2n) is 9.49. The number of nitrogens with zero attached hydrogens (tertiary/aromatic N) is 1. The van der Waals surface area contributed by atoms with Crippen molar-refractivity contribution in [1.29, 1.82) is 0 Å². The van der Waals surface area contributed by atoms with Gasteiger partial charge in [0.1, 0.15) is 23.7 Å². The molecular weight excluding hydrogens is 398 g/mol. The SMILES string of the molecule is Cc1c(C)c2c(c(C)c1OCc1ccccc1)CC[C@@](C)(C/C=C/[C@H](C)C(=O)N(C)C)O2. The highest BCUT2D eigenvalue weighted by Gasteiger charge is 2.34. The summed E-state index contributed by atoms with van der Waals surface area (Å²) in [5.41, 5.74) is 5.62. The molecule has 0 radical (unpaired) electrons. The number of carbonyl (C=O) groups is 1. The van der Waals surface area contributed by atoms with Gasteiger partial charge in [-0.05, 0) is 62.8 Å². The monoisotopic (exact) mass is 435 g/mol. The van der Waals surface area contributed by atoms with Gasteiger partial charge in [-0.1, -0.05) is 49.4 Å². The molecule has 2 aromatic rings. The van der Waals surface area contributed by atoms with Crippen molar-refractivity contribution in [3.8, 4) is 11.5 Å². The van der Waals surface area contributed by atoms with E-state index in [0.29, 0.717) is 6.61 Å². The zero-order chi connectivity index (χ0) is 23.5. The Morgan fingerprint density at radius 1 is 1.16 bits per heavy atom. The number of hydrogen-bond acceptors (Lipinski definition) is 3. The summed E-state index contributed by atoms with van der Waals surface area (Å²) in [6.45, 7) is 11.1. The Kier molecular flexibility index (Phi) is 7.33. The Morgan fingerprint density at radius 3 is 2.50 bits per heavy atom. The van der Waals surface area contributed by atoms with E-state index in [-0.39, 0.29) is 17.4 Å². The van der Waals surface area contributed by atoms with Crippen LogP contribution in [0.5, 0.6) is 11.5 Å². The summed E-state index contributed by atoms with van der Waals surface area (Å²) in [6.07, 6.45) is 6.77. The largest absolute Gasteiger partial charge is 0.488 e. The van der Waals surface area contributed by atoms with Crippen LogP contribution in [0.1, 0.15) is 54.5 Å². The van der Waals surface area contributed by atoms with E-state index >= 15 is 0 Å². The molecule has 32 heavy (non-hydrogen) atoms. The second kappa shape index (κ2) is 9.81. The van der Waals surface area contributed by atoms with Gasteiger partial charge in [0, 0.05) is 26.1 Å². The predicted octanol–water partition coefficient (Wildman–Crippen LogP) is 5.95. The van der Waals surface area contributed by atoms with Crippen molar-refractivity contribution in [2.24, 2.45) is 5.92 Å². The van der Waals surface area contributed by atoms with E-state index in [4.69, 9.17) is 9.47 Å². The van der Waals surface area contributed by atoms with Gasteiger partial charge in [-0.2, -0.15) is 0 Å². The standard InChI is InChI=1S/C28H37NO3/c1-19(27(30)29(6)7)12-11-16-28(5)17-15-24-22(4)25(20(2)21(3)26(24)32-28)31-18-23-13-9-8-10-14-23/h8-14,19H,15-18H2,1-7H3/b12-11+/t19-,28+/m0/s1. The average Bonchev–Trinajstić information content (AvgIpc) is 2.77. The van der Waals surface area contributed by atoms with Crippen molar-refractivity contribution < 1.29 is 14.3 Å². The number of fused-ring (bicyclic) bond motifs is 1. The Bertz CT molecular complexity index is 994. The molecule has 172 valence electrons. The van der Waals surface area contributed by atoms with Crippen LogP contribution in [0.2, 0.25) is 0 Å². The van der Waals surface area contributed by atoms with E-state index in [9.17, 15) is 4.79 Å². The van der Waals surface area contributed by atoms with E-state index in [1.165, 1.54) is 16.7 Å². The lowest BCUT2D eigenvalue weighted by atomic mass is 9.85. The third-order valence-corrected chi connectivity index (χ3v) is 6.59. The molecule has 4 nitrogen and oxygen atoms in total. The van der Waals surface area contributed by atoms with Crippen molar-refractivity contribution in [2.45, 2.75) is 66.1 Å². The molecule has 4 heteroatoms. The van der Waals surface area contributed by atoms with E-state index in [0.717, 1.165) is 41.9 Å². The molecule has 0 N–H and O–H groups in total. The maximum atomic E-state index is 12.1. The third kappa shape index (κ3) is 5.17. The predicted molar refractivity (Wildman–Crippen MR) is 130 cm³/mol. The number of ether oxygens (including phenoxy) is 2. The lowest BCUT2D eigenvalue weighted by Gasteiger charge is -2.38. The minimum absolute atomic E-state index is 0.117. The molecule has 1 heterocycles. The van der Waals surface area contributed by atoms with E-state index in [1.54, 1.807) is 19.0 Å². The van der Waals surface area contributed by atoms with Gasteiger partial charge in [-0.3, -0.25) is 4.79 Å². The number of benzene rings is 2. The summed E-state index contributed by atoms with van der Waals surface area (Å²) >= 11 is 0. The topological polar surface area (TPSA) is 38.8 Å². The number of amides is 1. The molecule has 0 saturated carbocycles. The van der Waals surface area contributed by atoms with Crippen LogP contribution in [0, 0.1) is 26.7 Å². The normalized spacial score (nSPS) is 18.7. The zero-order valence-electron chi connectivity index (χ0n) is 20.6. The van der Waals surface area contributed by atoms with Crippen molar-refractivity contribution in [2.75, 3.05) is 14.1 Å². The molecule has 0 bridgehead atoms. The molecule has 0 spiro atoms. The van der Waals surface area contributed by atoms with Crippen LogP contribution in [0.3, 0.4) is 0 Å². The molecule has 3 rings (SSSR count). The Balaban J connectivity index is 1.77. The van der Waals surface area contributed by atoms with Gasteiger partial charge >= 0.3 is 0 Å². The summed E-state index contributed by atoms with van der Waals surface area (Å²) in [4.78, 5) is 13.7. The highest BCUT2D eigenvalue weighted by atomic mass is 16.5. The van der Waals surface area contributed by atoms with Gasteiger partial charge in [-0.15, -0.1) is 0 Å². The highest BCUT2D eigenvalue weighted by molar-refractivity contribution is 5.79. The lowest BCUT2D eigenvalue weighted by molar-refractivity contribution is -0.130. The first-order chi connectivity index (χ1) is 15.1. The van der Waals surface area contributed by atoms with Crippen LogP contribution in [0.15, 0.2) is 42.5 Å². The molecule has 2 aromatic carbocycles. The first-order valence-electron chi connectivity index (χ1n) is 11.5. The minimum atomic E-state index is -0.277. The zero-order valence-corrected chi connectivity index (χ0v) is 20.6. The Labute approximate surface area is 193 Å². The summed E-state index contributed by atoms with van der Waals surface area (Å²) in [5, 5.41) is 0. The molecule has 1 aliphatic rings. The summed E-state index contributed by atoms with van der Waals surface area (Å²) in [6, 6.07) is 10.3. The van der Waals surface area contributed by atoms with E-state index < -0.39 is 0 Å². The molecule has 1 aliphatic heterocycles. The Hall–Kier alpha value is -2.75. The maximum Gasteiger partial charge on any atom is 0.228 e. The summed E-state index contributed by atoms with van der Waals surface area (Å²) in [5.74, 6) is 1.98. The number of hydrogen-bond donors (Lipinski definition) is 0. The van der Waals surface area contributed by atoms with Crippen LogP contribution in [-0.2, 0) is 17.8 Å². The molecular formula is C28H37NO3. The lowest BCUT2D eigenvalue weighted by Crippen LogP contribution is -2.36. The number of carbonyl (C=O) groups excluding carboxylic acids is 1. The van der Waals surface area contributed by atoms with Crippen molar-refractivity contribution in [1.82, 2.24) is 4.90 Å². The molecule has 2 atom stereocenters. The van der Waals surface area contributed by atoms with E-state index in [1.807, 2.05) is 31.2 Å². The molecule has 0 aliphatic carbocycles. The summed E-state index contributed by atoms with van der Waals surface area (Å²) < 4.78 is 12.9. The van der Waals surface area contributed by atoms with Crippen LogP contribution in [0.4, 0.5) is 0 Å². The molecule has 1 amide bonds. The number of rotatable bonds is 7. The van der Waals surface area contributed by atoms with Crippen LogP contribution in [0.25, 0.3) is 0 Å². The van der Waals surface area contributed by atoms with Gasteiger partial charge in [0.05, 0.1) is 5.92 Å².